The predicted octanol–water partition coefficient (Wildman–Crippen LogP) is 2.96. The minimum Gasteiger partial charge on any atom is -0.370 e. The van der Waals surface area contributed by atoms with Crippen LogP contribution in [-0.4, -0.2) is 13.6 Å². The minimum atomic E-state index is -0.208. The van der Waals surface area contributed by atoms with Gasteiger partial charge in [0.25, 0.3) is 0 Å². The molecule has 19 heavy (non-hydrogen) atoms. The van der Waals surface area contributed by atoms with Crippen molar-refractivity contribution in [2.45, 2.75) is 13.0 Å². The highest BCUT2D eigenvalue weighted by Gasteiger charge is 2.08. The van der Waals surface area contributed by atoms with Gasteiger partial charge in [-0.3, -0.25) is 0 Å². The van der Waals surface area contributed by atoms with Gasteiger partial charge in [-0.1, -0.05) is 30.3 Å². The second-order valence-corrected chi connectivity index (χ2v) is 4.65. The van der Waals surface area contributed by atoms with Crippen LogP contribution in [0, 0.1) is 5.82 Å². The summed E-state index contributed by atoms with van der Waals surface area (Å²) in [5.74, 6) is -0.208. The minimum absolute atomic E-state index is 0.208. The van der Waals surface area contributed by atoms with E-state index < -0.39 is 0 Å². The Kier molecular flexibility index (Phi) is 4.53. The van der Waals surface area contributed by atoms with Crippen LogP contribution in [0.2, 0.25) is 0 Å². The number of benzene rings is 2. The largest absolute Gasteiger partial charge is 0.370 e. The lowest BCUT2D eigenvalue weighted by Gasteiger charge is -2.22. The first-order valence-corrected chi connectivity index (χ1v) is 6.44. The van der Waals surface area contributed by atoms with Gasteiger partial charge >= 0.3 is 0 Å². The zero-order chi connectivity index (χ0) is 13.7. The van der Waals surface area contributed by atoms with Crippen molar-refractivity contribution in [3.63, 3.8) is 0 Å². The molecule has 0 amide bonds. The van der Waals surface area contributed by atoms with Crippen molar-refractivity contribution in [3.8, 4) is 0 Å². The van der Waals surface area contributed by atoms with E-state index in [4.69, 9.17) is 5.73 Å². The molecule has 0 saturated carbocycles. The van der Waals surface area contributed by atoms with E-state index >= 15 is 0 Å². The molecule has 0 bridgehead atoms. The lowest BCUT2D eigenvalue weighted by Crippen LogP contribution is -2.19. The number of anilines is 1. The fraction of sp³-hybridized carbons (Fsp3) is 0.250. The molecule has 2 N–H and O–H groups in total. The Bertz CT molecular complexity index is 526. The number of nitrogens with zero attached hydrogens (tertiary/aromatic N) is 1. The third kappa shape index (κ3) is 3.55. The third-order valence-corrected chi connectivity index (χ3v) is 3.13. The summed E-state index contributed by atoms with van der Waals surface area (Å²) < 4.78 is 13.3. The molecule has 0 aliphatic heterocycles. The Morgan fingerprint density at radius 2 is 1.84 bits per heavy atom. The van der Waals surface area contributed by atoms with Gasteiger partial charge in [0.1, 0.15) is 5.82 Å². The van der Waals surface area contributed by atoms with Gasteiger partial charge in [-0.2, -0.15) is 0 Å². The molecule has 0 saturated heterocycles. The molecule has 2 aromatic carbocycles. The maximum atomic E-state index is 13.3. The topological polar surface area (TPSA) is 29.3 Å². The first kappa shape index (κ1) is 13.6. The van der Waals surface area contributed by atoms with Gasteiger partial charge in [0, 0.05) is 19.3 Å². The van der Waals surface area contributed by atoms with E-state index in [2.05, 4.69) is 17.0 Å². The van der Waals surface area contributed by atoms with Crippen LogP contribution in [0.4, 0.5) is 10.1 Å². The van der Waals surface area contributed by atoms with E-state index in [1.54, 1.807) is 6.07 Å². The molecule has 2 nitrogen and oxygen atoms in total. The van der Waals surface area contributed by atoms with E-state index in [1.807, 2.05) is 31.3 Å². The smallest absolute Gasteiger partial charge is 0.123 e. The highest BCUT2D eigenvalue weighted by Crippen LogP contribution is 2.22. The summed E-state index contributed by atoms with van der Waals surface area (Å²) >= 11 is 0. The third-order valence-electron chi connectivity index (χ3n) is 3.13. The van der Waals surface area contributed by atoms with Crippen LogP contribution in [0.5, 0.6) is 0 Å². The van der Waals surface area contributed by atoms with Crippen molar-refractivity contribution in [2.24, 2.45) is 5.73 Å². The molecule has 100 valence electrons. The zero-order valence-corrected chi connectivity index (χ0v) is 11.1. The maximum absolute atomic E-state index is 13.3. The van der Waals surface area contributed by atoms with Crippen LogP contribution in [0.1, 0.15) is 11.1 Å². The lowest BCUT2D eigenvalue weighted by molar-refractivity contribution is 0.625. The van der Waals surface area contributed by atoms with Crippen molar-refractivity contribution >= 4 is 5.69 Å². The average Bonchev–Trinajstić information content (AvgIpc) is 2.40. The SMILES string of the molecule is CN(Cc1ccccc1)c1ccc(F)cc1CCN. The molecule has 0 aromatic heterocycles. The van der Waals surface area contributed by atoms with Gasteiger partial charge in [-0.25, -0.2) is 4.39 Å². The number of rotatable bonds is 5. The summed E-state index contributed by atoms with van der Waals surface area (Å²) in [7, 11) is 2.01. The van der Waals surface area contributed by atoms with Crippen LogP contribution >= 0.6 is 0 Å². The number of hydrogen-bond acceptors (Lipinski definition) is 2. The molecular weight excluding hydrogens is 239 g/mol. The van der Waals surface area contributed by atoms with Gasteiger partial charge < -0.3 is 10.6 Å². The Morgan fingerprint density at radius 3 is 2.53 bits per heavy atom. The van der Waals surface area contributed by atoms with Crippen molar-refractivity contribution in [3.05, 3.63) is 65.5 Å². The molecule has 0 aliphatic rings. The molecule has 0 aliphatic carbocycles. The van der Waals surface area contributed by atoms with Crippen LogP contribution in [0.3, 0.4) is 0 Å². The molecule has 0 radical (unpaired) electrons. The Morgan fingerprint density at radius 1 is 1.11 bits per heavy atom. The molecule has 0 atom stereocenters. The van der Waals surface area contributed by atoms with Gasteiger partial charge in [0.15, 0.2) is 0 Å². The van der Waals surface area contributed by atoms with E-state index in [1.165, 1.54) is 11.6 Å². The first-order chi connectivity index (χ1) is 9.20. The van der Waals surface area contributed by atoms with Crippen LogP contribution in [-0.2, 0) is 13.0 Å². The van der Waals surface area contributed by atoms with Crippen LogP contribution in [0.15, 0.2) is 48.5 Å². The van der Waals surface area contributed by atoms with Crippen molar-refractivity contribution in [1.82, 2.24) is 0 Å². The van der Waals surface area contributed by atoms with Gasteiger partial charge in [0.2, 0.25) is 0 Å². The van der Waals surface area contributed by atoms with E-state index in [9.17, 15) is 4.39 Å². The quantitative estimate of drug-likeness (QED) is 0.893. The molecule has 0 unspecified atom stereocenters. The lowest BCUT2D eigenvalue weighted by atomic mass is 10.1. The first-order valence-electron chi connectivity index (χ1n) is 6.44. The zero-order valence-electron chi connectivity index (χ0n) is 11.1. The normalized spacial score (nSPS) is 10.5. The van der Waals surface area contributed by atoms with E-state index in [0.717, 1.165) is 17.8 Å². The molecule has 2 aromatic rings. The molecule has 0 fully saturated rings. The molecule has 0 spiro atoms. The summed E-state index contributed by atoms with van der Waals surface area (Å²) in [5, 5.41) is 0. The summed E-state index contributed by atoms with van der Waals surface area (Å²) in [4.78, 5) is 2.12. The summed E-state index contributed by atoms with van der Waals surface area (Å²) in [5.41, 5.74) is 8.82. The molecule has 0 heterocycles. The van der Waals surface area contributed by atoms with Crippen LogP contribution < -0.4 is 10.6 Å². The number of hydrogen-bond donors (Lipinski definition) is 1. The fourth-order valence-electron chi connectivity index (χ4n) is 2.22. The maximum Gasteiger partial charge on any atom is 0.123 e. The second kappa shape index (κ2) is 6.34. The van der Waals surface area contributed by atoms with Gasteiger partial charge in [-0.05, 0) is 42.3 Å². The highest BCUT2D eigenvalue weighted by atomic mass is 19.1. The Hall–Kier alpha value is -1.87. The Labute approximate surface area is 113 Å². The van der Waals surface area contributed by atoms with Gasteiger partial charge in [-0.15, -0.1) is 0 Å². The second-order valence-electron chi connectivity index (χ2n) is 4.65. The molecule has 3 heteroatoms. The molecule has 2 rings (SSSR count). The van der Waals surface area contributed by atoms with Gasteiger partial charge in [0.05, 0.1) is 0 Å². The van der Waals surface area contributed by atoms with Crippen LogP contribution in [0.25, 0.3) is 0 Å². The Balaban J connectivity index is 2.20. The van der Waals surface area contributed by atoms with E-state index in [0.29, 0.717) is 13.0 Å². The fourth-order valence-corrected chi connectivity index (χ4v) is 2.22. The van der Waals surface area contributed by atoms with Crippen molar-refractivity contribution in [2.75, 3.05) is 18.5 Å². The number of halogens is 1. The molecular formula is C16H19FN2. The number of nitrogens with two attached hydrogens (primary N) is 1. The van der Waals surface area contributed by atoms with E-state index in [-0.39, 0.29) is 5.82 Å². The predicted molar refractivity (Wildman–Crippen MR) is 77.7 cm³/mol. The van der Waals surface area contributed by atoms with Crippen molar-refractivity contribution in [1.29, 1.82) is 0 Å². The summed E-state index contributed by atoms with van der Waals surface area (Å²) in [6, 6.07) is 15.1. The highest BCUT2D eigenvalue weighted by molar-refractivity contribution is 5.53. The summed E-state index contributed by atoms with van der Waals surface area (Å²) in [6.45, 7) is 1.32. The van der Waals surface area contributed by atoms with Crippen molar-refractivity contribution < 1.29 is 4.39 Å². The standard InChI is InChI=1S/C16H19FN2/c1-19(12-13-5-3-2-4-6-13)16-8-7-15(17)11-14(16)9-10-18/h2-8,11H,9-10,12,18H2,1H3. The monoisotopic (exact) mass is 258 g/mol. The summed E-state index contributed by atoms with van der Waals surface area (Å²) in [6.07, 6.45) is 0.687. The average molecular weight is 258 g/mol.